The SMILES string of the molecule is Cc1cc(-c2[nH]c3ccc(C(C)(C)C(=O)NC4CCN(C(C)C)CC4)cc3c2C(C)C)ccn1. The summed E-state index contributed by atoms with van der Waals surface area (Å²) in [6, 6.07) is 11.5. The molecule has 0 radical (unpaired) electrons. The summed E-state index contributed by atoms with van der Waals surface area (Å²) in [5, 5.41) is 4.56. The Morgan fingerprint density at radius 2 is 1.82 bits per heavy atom. The molecule has 1 amide bonds. The van der Waals surface area contributed by atoms with Gasteiger partial charge in [-0.3, -0.25) is 9.78 Å². The minimum absolute atomic E-state index is 0.112. The lowest BCUT2D eigenvalue weighted by Gasteiger charge is -2.36. The molecule has 2 N–H and O–H groups in total. The zero-order chi connectivity index (χ0) is 24.6. The Morgan fingerprint density at radius 3 is 2.44 bits per heavy atom. The van der Waals surface area contributed by atoms with E-state index in [1.165, 1.54) is 10.9 Å². The zero-order valence-electron chi connectivity index (χ0n) is 21.8. The van der Waals surface area contributed by atoms with Crippen LogP contribution in [0.2, 0.25) is 0 Å². The predicted octanol–water partition coefficient (Wildman–Crippen LogP) is 5.93. The first kappa shape index (κ1) is 24.5. The molecule has 3 aromatic rings. The molecule has 0 spiro atoms. The number of likely N-dealkylation sites (tertiary alicyclic amines) is 1. The molecule has 5 heteroatoms. The van der Waals surface area contributed by atoms with Crippen LogP contribution in [0.25, 0.3) is 22.2 Å². The van der Waals surface area contributed by atoms with Gasteiger partial charge in [-0.2, -0.15) is 0 Å². The maximum Gasteiger partial charge on any atom is 0.230 e. The van der Waals surface area contributed by atoms with E-state index in [1.807, 2.05) is 27.0 Å². The van der Waals surface area contributed by atoms with E-state index in [2.05, 4.69) is 78.2 Å². The molecule has 3 heterocycles. The van der Waals surface area contributed by atoms with E-state index in [0.29, 0.717) is 12.0 Å². The standard InChI is InChI=1S/C29H40N4O/c1-18(2)26-24-17-22(8-9-25(24)32-27(26)21-10-13-30-20(5)16-21)29(6,7)28(34)31-23-11-14-33(15-12-23)19(3)4/h8-10,13,16-19,23,32H,11-12,14-15H2,1-7H3,(H,31,34). The number of hydrogen-bond donors (Lipinski definition) is 2. The van der Waals surface area contributed by atoms with Crippen LogP contribution in [-0.4, -0.2) is 45.9 Å². The number of hydrogen-bond acceptors (Lipinski definition) is 3. The molecule has 1 saturated heterocycles. The van der Waals surface area contributed by atoms with Crippen LogP contribution in [0.15, 0.2) is 36.5 Å². The van der Waals surface area contributed by atoms with Crippen molar-refractivity contribution in [3.63, 3.8) is 0 Å². The molecule has 4 rings (SSSR count). The number of carbonyl (C=O) groups is 1. The Labute approximate surface area is 204 Å². The number of fused-ring (bicyclic) bond motifs is 1. The lowest BCUT2D eigenvalue weighted by molar-refractivity contribution is -0.126. The third-order valence-corrected chi connectivity index (χ3v) is 7.49. The van der Waals surface area contributed by atoms with Gasteiger partial charge in [0.1, 0.15) is 0 Å². The number of amides is 1. The van der Waals surface area contributed by atoms with Crippen molar-refractivity contribution in [2.75, 3.05) is 13.1 Å². The molecule has 0 atom stereocenters. The van der Waals surface area contributed by atoms with Crippen molar-refractivity contribution in [3.05, 3.63) is 53.3 Å². The molecule has 1 aromatic carbocycles. The van der Waals surface area contributed by atoms with Crippen LogP contribution in [-0.2, 0) is 10.2 Å². The molecule has 182 valence electrons. The highest BCUT2D eigenvalue weighted by Crippen LogP contribution is 2.38. The fraction of sp³-hybridized carbons (Fsp3) is 0.517. The Balaban J connectivity index is 1.62. The first-order chi connectivity index (χ1) is 16.1. The summed E-state index contributed by atoms with van der Waals surface area (Å²) >= 11 is 0. The molecular formula is C29H40N4O. The summed E-state index contributed by atoms with van der Waals surface area (Å²) in [6.07, 6.45) is 3.90. The lowest BCUT2D eigenvalue weighted by Crippen LogP contribution is -2.50. The first-order valence-corrected chi connectivity index (χ1v) is 12.7. The lowest BCUT2D eigenvalue weighted by atomic mass is 9.82. The molecular weight excluding hydrogens is 420 g/mol. The summed E-state index contributed by atoms with van der Waals surface area (Å²) in [6.45, 7) is 17.1. The fourth-order valence-corrected chi connectivity index (χ4v) is 5.19. The Morgan fingerprint density at radius 1 is 1.12 bits per heavy atom. The third-order valence-electron chi connectivity index (χ3n) is 7.49. The Bertz CT molecular complexity index is 1170. The fourth-order valence-electron chi connectivity index (χ4n) is 5.19. The monoisotopic (exact) mass is 460 g/mol. The van der Waals surface area contributed by atoms with Gasteiger partial charge in [-0.1, -0.05) is 19.9 Å². The third kappa shape index (κ3) is 4.76. The van der Waals surface area contributed by atoms with Crippen molar-refractivity contribution in [1.29, 1.82) is 0 Å². The molecule has 1 aliphatic rings. The number of aromatic nitrogens is 2. The van der Waals surface area contributed by atoms with Crippen molar-refractivity contribution >= 4 is 16.8 Å². The number of benzene rings is 1. The normalized spacial score (nSPS) is 16.0. The van der Waals surface area contributed by atoms with E-state index in [0.717, 1.165) is 54.0 Å². The van der Waals surface area contributed by atoms with Gasteiger partial charge in [-0.15, -0.1) is 0 Å². The topological polar surface area (TPSA) is 61.0 Å². The molecule has 1 fully saturated rings. The number of piperidine rings is 1. The quantitative estimate of drug-likeness (QED) is 0.479. The maximum atomic E-state index is 13.4. The largest absolute Gasteiger partial charge is 0.354 e. The average Bonchev–Trinajstić information content (AvgIpc) is 3.18. The second-order valence-electron chi connectivity index (χ2n) is 11.0. The van der Waals surface area contributed by atoms with Crippen LogP contribution in [0.5, 0.6) is 0 Å². The molecule has 0 bridgehead atoms. The van der Waals surface area contributed by atoms with Gasteiger partial charge in [0.05, 0.1) is 11.1 Å². The van der Waals surface area contributed by atoms with Crippen LogP contribution >= 0.6 is 0 Å². The van der Waals surface area contributed by atoms with Gasteiger partial charge in [0.2, 0.25) is 5.91 Å². The highest BCUT2D eigenvalue weighted by atomic mass is 16.2. The number of pyridine rings is 1. The Hall–Kier alpha value is -2.66. The van der Waals surface area contributed by atoms with E-state index in [4.69, 9.17) is 0 Å². The van der Waals surface area contributed by atoms with Gasteiger partial charge < -0.3 is 15.2 Å². The van der Waals surface area contributed by atoms with E-state index in [1.54, 1.807) is 0 Å². The number of aromatic amines is 1. The molecule has 0 unspecified atom stereocenters. The average molecular weight is 461 g/mol. The number of nitrogens with one attached hydrogen (secondary N) is 2. The van der Waals surface area contributed by atoms with Gasteiger partial charge in [0.15, 0.2) is 0 Å². The van der Waals surface area contributed by atoms with E-state index >= 15 is 0 Å². The molecule has 0 saturated carbocycles. The van der Waals surface area contributed by atoms with Crippen molar-refractivity contribution in [2.45, 2.75) is 84.7 Å². The zero-order valence-corrected chi connectivity index (χ0v) is 21.8. The summed E-state index contributed by atoms with van der Waals surface area (Å²) in [4.78, 5) is 23.9. The minimum atomic E-state index is -0.609. The summed E-state index contributed by atoms with van der Waals surface area (Å²) in [5.74, 6) is 0.456. The van der Waals surface area contributed by atoms with E-state index < -0.39 is 5.41 Å². The summed E-state index contributed by atoms with van der Waals surface area (Å²) < 4.78 is 0. The molecule has 34 heavy (non-hydrogen) atoms. The number of aryl methyl sites for hydroxylation is 1. The van der Waals surface area contributed by atoms with Crippen LogP contribution in [0.4, 0.5) is 0 Å². The second kappa shape index (κ2) is 9.53. The first-order valence-electron chi connectivity index (χ1n) is 12.7. The van der Waals surface area contributed by atoms with Gasteiger partial charge in [-0.05, 0) is 88.8 Å². The smallest absolute Gasteiger partial charge is 0.230 e. The molecule has 0 aliphatic carbocycles. The minimum Gasteiger partial charge on any atom is -0.354 e. The number of nitrogens with zero attached hydrogens (tertiary/aromatic N) is 2. The maximum absolute atomic E-state index is 13.4. The number of H-pyrrole nitrogens is 1. The summed E-state index contributed by atoms with van der Waals surface area (Å²) in [5.41, 5.74) is 6.14. The molecule has 5 nitrogen and oxygen atoms in total. The number of rotatable bonds is 6. The molecule has 2 aromatic heterocycles. The van der Waals surface area contributed by atoms with Crippen LogP contribution < -0.4 is 5.32 Å². The second-order valence-corrected chi connectivity index (χ2v) is 11.0. The highest BCUT2D eigenvalue weighted by Gasteiger charge is 2.33. The summed E-state index contributed by atoms with van der Waals surface area (Å²) in [7, 11) is 0. The number of carbonyl (C=O) groups excluding carboxylic acids is 1. The van der Waals surface area contributed by atoms with Crippen LogP contribution in [0.3, 0.4) is 0 Å². The predicted molar refractivity (Wildman–Crippen MR) is 141 cm³/mol. The van der Waals surface area contributed by atoms with Crippen LogP contribution in [0, 0.1) is 6.92 Å². The van der Waals surface area contributed by atoms with Crippen molar-refractivity contribution in [2.24, 2.45) is 0 Å². The van der Waals surface area contributed by atoms with Gasteiger partial charge in [0.25, 0.3) is 0 Å². The van der Waals surface area contributed by atoms with Gasteiger partial charge in [0, 0.05) is 53.5 Å². The van der Waals surface area contributed by atoms with Crippen molar-refractivity contribution in [3.8, 4) is 11.3 Å². The van der Waals surface area contributed by atoms with Gasteiger partial charge in [-0.25, -0.2) is 0 Å². The Kier molecular flexibility index (Phi) is 6.86. The van der Waals surface area contributed by atoms with E-state index in [-0.39, 0.29) is 11.9 Å². The highest BCUT2D eigenvalue weighted by molar-refractivity contribution is 5.94. The van der Waals surface area contributed by atoms with E-state index in [9.17, 15) is 4.79 Å². The molecule has 1 aliphatic heterocycles. The van der Waals surface area contributed by atoms with Crippen molar-refractivity contribution in [1.82, 2.24) is 20.2 Å². The van der Waals surface area contributed by atoms with Gasteiger partial charge >= 0.3 is 0 Å². The van der Waals surface area contributed by atoms with Crippen molar-refractivity contribution < 1.29 is 4.79 Å². The van der Waals surface area contributed by atoms with Crippen LogP contribution in [0.1, 0.15) is 77.1 Å².